The van der Waals surface area contributed by atoms with E-state index in [0.29, 0.717) is 17.6 Å². The van der Waals surface area contributed by atoms with E-state index < -0.39 is 0 Å². The maximum atomic E-state index is 6.39. The van der Waals surface area contributed by atoms with Gasteiger partial charge in [-0.2, -0.15) is 0 Å². The highest BCUT2D eigenvalue weighted by Crippen LogP contribution is 2.33. The van der Waals surface area contributed by atoms with Gasteiger partial charge in [0, 0.05) is 28.7 Å². The first-order chi connectivity index (χ1) is 9.67. The van der Waals surface area contributed by atoms with Crippen molar-refractivity contribution in [2.45, 2.75) is 51.1 Å². The van der Waals surface area contributed by atoms with Crippen molar-refractivity contribution in [2.75, 3.05) is 13.1 Å². The maximum absolute atomic E-state index is 6.39. The molecule has 4 heteroatoms. The minimum atomic E-state index is 0.197. The Morgan fingerprint density at radius 2 is 2.10 bits per heavy atom. The molecular formula is C16H24Cl2N2. The molecule has 20 heavy (non-hydrogen) atoms. The lowest BCUT2D eigenvalue weighted by molar-refractivity contribution is 0.136. The molecule has 1 aromatic carbocycles. The van der Waals surface area contributed by atoms with Crippen molar-refractivity contribution in [1.29, 1.82) is 0 Å². The van der Waals surface area contributed by atoms with Gasteiger partial charge in [-0.25, -0.2) is 0 Å². The highest BCUT2D eigenvalue weighted by Gasteiger charge is 2.28. The summed E-state index contributed by atoms with van der Waals surface area (Å²) in [5, 5.41) is 1.41. The van der Waals surface area contributed by atoms with Crippen LogP contribution >= 0.6 is 23.2 Å². The second-order valence-electron chi connectivity index (χ2n) is 5.57. The van der Waals surface area contributed by atoms with Crippen LogP contribution in [-0.2, 0) is 0 Å². The van der Waals surface area contributed by atoms with Gasteiger partial charge in [0.25, 0.3) is 0 Å². The van der Waals surface area contributed by atoms with Gasteiger partial charge in [0.2, 0.25) is 0 Å². The van der Waals surface area contributed by atoms with Crippen LogP contribution in [0.4, 0.5) is 0 Å². The van der Waals surface area contributed by atoms with E-state index in [4.69, 9.17) is 28.9 Å². The van der Waals surface area contributed by atoms with Gasteiger partial charge in [-0.15, -0.1) is 0 Å². The molecule has 0 aliphatic carbocycles. The number of likely N-dealkylation sites (tertiary alicyclic amines) is 1. The van der Waals surface area contributed by atoms with Crippen molar-refractivity contribution in [3.8, 4) is 0 Å². The highest BCUT2D eigenvalue weighted by atomic mass is 35.5. The molecule has 1 aliphatic rings. The van der Waals surface area contributed by atoms with E-state index >= 15 is 0 Å². The summed E-state index contributed by atoms with van der Waals surface area (Å²) in [5.41, 5.74) is 7.19. The molecule has 0 amide bonds. The van der Waals surface area contributed by atoms with E-state index in [9.17, 15) is 0 Å². The SMILES string of the molecule is CCC1CCCCCN1C(CN)c1ccc(Cl)cc1Cl. The van der Waals surface area contributed by atoms with E-state index in [2.05, 4.69) is 11.8 Å². The number of rotatable bonds is 4. The maximum Gasteiger partial charge on any atom is 0.0488 e. The van der Waals surface area contributed by atoms with Gasteiger partial charge in [0.1, 0.15) is 0 Å². The van der Waals surface area contributed by atoms with Crippen molar-refractivity contribution in [2.24, 2.45) is 5.73 Å². The summed E-state index contributed by atoms with van der Waals surface area (Å²) in [6, 6.07) is 6.56. The van der Waals surface area contributed by atoms with Gasteiger partial charge in [-0.3, -0.25) is 4.90 Å². The number of nitrogens with zero attached hydrogens (tertiary/aromatic N) is 1. The Kier molecular flexibility index (Phi) is 6.16. The lowest BCUT2D eigenvalue weighted by Gasteiger charge is -2.36. The lowest BCUT2D eigenvalue weighted by Crippen LogP contribution is -2.41. The summed E-state index contributed by atoms with van der Waals surface area (Å²) in [6.07, 6.45) is 6.32. The smallest absolute Gasteiger partial charge is 0.0488 e. The monoisotopic (exact) mass is 314 g/mol. The Morgan fingerprint density at radius 1 is 1.30 bits per heavy atom. The minimum Gasteiger partial charge on any atom is -0.329 e. The van der Waals surface area contributed by atoms with Crippen molar-refractivity contribution in [3.05, 3.63) is 33.8 Å². The molecule has 2 unspecified atom stereocenters. The normalized spacial score (nSPS) is 22.5. The second-order valence-corrected chi connectivity index (χ2v) is 6.41. The van der Waals surface area contributed by atoms with Gasteiger partial charge in [-0.05, 0) is 43.5 Å². The van der Waals surface area contributed by atoms with Gasteiger partial charge in [0.05, 0.1) is 0 Å². The first kappa shape index (κ1) is 16.1. The first-order valence-corrected chi connectivity index (χ1v) is 8.33. The summed E-state index contributed by atoms with van der Waals surface area (Å²) >= 11 is 12.4. The molecule has 1 heterocycles. The van der Waals surface area contributed by atoms with Crippen LogP contribution in [0.25, 0.3) is 0 Å². The molecule has 0 bridgehead atoms. The molecule has 1 fully saturated rings. The fraction of sp³-hybridized carbons (Fsp3) is 0.625. The Hall–Kier alpha value is -0.280. The topological polar surface area (TPSA) is 29.3 Å². The Bertz CT molecular complexity index is 436. The van der Waals surface area contributed by atoms with Crippen LogP contribution in [0.2, 0.25) is 10.0 Å². The molecule has 1 aromatic rings. The molecule has 0 radical (unpaired) electrons. The molecule has 0 saturated carbocycles. The summed E-state index contributed by atoms with van der Waals surface area (Å²) in [5.74, 6) is 0. The average molecular weight is 315 g/mol. The molecule has 2 rings (SSSR count). The summed E-state index contributed by atoms with van der Waals surface area (Å²) in [6.45, 7) is 3.97. The van der Waals surface area contributed by atoms with Crippen LogP contribution in [0, 0.1) is 0 Å². The van der Waals surface area contributed by atoms with Gasteiger partial charge >= 0.3 is 0 Å². The molecule has 2 N–H and O–H groups in total. The number of nitrogens with two attached hydrogens (primary N) is 1. The third kappa shape index (κ3) is 3.67. The molecule has 0 spiro atoms. The largest absolute Gasteiger partial charge is 0.329 e. The molecule has 112 valence electrons. The molecule has 1 aliphatic heterocycles. The zero-order chi connectivity index (χ0) is 14.5. The number of hydrogen-bond donors (Lipinski definition) is 1. The molecule has 0 aromatic heterocycles. The summed E-state index contributed by atoms with van der Waals surface area (Å²) < 4.78 is 0. The highest BCUT2D eigenvalue weighted by molar-refractivity contribution is 6.35. The Balaban J connectivity index is 2.29. The standard InChI is InChI=1S/C16H24Cl2N2/c1-2-13-6-4-3-5-9-20(13)16(11-19)14-8-7-12(17)10-15(14)18/h7-8,10,13,16H,2-6,9,11,19H2,1H3. The van der Waals surface area contributed by atoms with E-state index in [-0.39, 0.29) is 6.04 Å². The zero-order valence-corrected chi connectivity index (χ0v) is 13.6. The predicted molar refractivity (Wildman–Crippen MR) is 87.5 cm³/mol. The van der Waals surface area contributed by atoms with Crippen LogP contribution in [0.5, 0.6) is 0 Å². The predicted octanol–water partition coefficient (Wildman–Crippen LogP) is 4.65. The van der Waals surface area contributed by atoms with Crippen LogP contribution < -0.4 is 5.73 Å². The zero-order valence-electron chi connectivity index (χ0n) is 12.1. The van der Waals surface area contributed by atoms with E-state index in [1.54, 1.807) is 0 Å². The Labute approximate surface area is 132 Å². The van der Waals surface area contributed by atoms with Gasteiger partial charge in [-0.1, -0.05) is 49.0 Å². The minimum absolute atomic E-state index is 0.197. The van der Waals surface area contributed by atoms with Crippen LogP contribution in [0.3, 0.4) is 0 Å². The number of benzene rings is 1. The van der Waals surface area contributed by atoms with Gasteiger partial charge < -0.3 is 5.73 Å². The first-order valence-electron chi connectivity index (χ1n) is 7.58. The molecule has 1 saturated heterocycles. The number of halogens is 2. The number of hydrogen-bond acceptors (Lipinski definition) is 2. The lowest BCUT2D eigenvalue weighted by atomic mass is 10.0. The van der Waals surface area contributed by atoms with E-state index in [1.807, 2.05) is 18.2 Å². The Morgan fingerprint density at radius 3 is 2.75 bits per heavy atom. The van der Waals surface area contributed by atoms with Crippen molar-refractivity contribution in [3.63, 3.8) is 0 Å². The van der Waals surface area contributed by atoms with E-state index in [0.717, 1.165) is 17.1 Å². The molecule has 2 atom stereocenters. The molecular weight excluding hydrogens is 291 g/mol. The third-order valence-electron chi connectivity index (χ3n) is 4.34. The average Bonchev–Trinajstić information content (AvgIpc) is 2.67. The second kappa shape index (κ2) is 7.65. The van der Waals surface area contributed by atoms with Crippen LogP contribution in [0.15, 0.2) is 18.2 Å². The fourth-order valence-electron chi connectivity index (χ4n) is 3.26. The molecule has 2 nitrogen and oxygen atoms in total. The fourth-order valence-corrected chi connectivity index (χ4v) is 3.80. The van der Waals surface area contributed by atoms with Crippen molar-refractivity contribution >= 4 is 23.2 Å². The van der Waals surface area contributed by atoms with Crippen molar-refractivity contribution < 1.29 is 0 Å². The quantitative estimate of drug-likeness (QED) is 0.876. The third-order valence-corrected chi connectivity index (χ3v) is 4.90. The van der Waals surface area contributed by atoms with Crippen LogP contribution in [0.1, 0.15) is 50.6 Å². The van der Waals surface area contributed by atoms with Crippen molar-refractivity contribution in [1.82, 2.24) is 4.90 Å². The summed E-state index contributed by atoms with van der Waals surface area (Å²) in [4.78, 5) is 2.56. The van der Waals surface area contributed by atoms with Crippen LogP contribution in [-0.4, -0.2) is 24.0 Å². The summed E-state index contributed by atoms with van der Waals surface area (Å²) in [7, 11) is 0. The van der Waals surface area contributed by atoms with Gasteiger partial charge in [0.15, 0.2) is 0 Å². The van der Waals surface area contributed by atoms with E-state index in [1.165, 1.54) is 32.1 Å².